The van der Waals surface area contributed by atoms with Gasteiger partial charge in [-0.25, -0.2) is 0 Å². The van der Waals surface area contributed by atoms with E-state index in [0.29, 0.717) is 6.04 Å². The molecule has 62 valence electrons. The smallest absolute Gasteiger partial charge is 0.335 e. The quantitative estimate of drug-likeness (QED) is 0.580. The molecule has 0 aromatic rings. The van der Waals surface area contributed by atoms with Crippen LogP contribution in [0.25, 0.3) is 0 Å². The van der Waals surface area contributed by atoms with Crippen molar-refractivity contribution in [3.8, 4) is 0 Å². The Morgan fingerprint density at radius 3 is 2.10 bits per heavy atom. The molecule has 0 aromatic carbocycles. The van der Waals surface area contributed by atoms with Crippen molar-refractivity contribution in [1.82, 2.24) is 5.32 Å². The highest BCUT2D eigenvalue weighted by molar-refractivity contribution is 6.44. The second-order valence-corrected chi connectivity index (χ2v) is 4.67. The molecule has 0 rings (SSSR count). The van der Waals surface area contributed by atoms with E-state index >= 15 is 0 Å². The summed E-state index contributed by atoms with van der Waals surface area (Å²) in [6.07, 6.45) is 0.880. The molecule has 1 N–H and O–H groups in total. The molecule has 0 aliphatic rings. The van der Waals surface area contributed by atoms with Gasteiger partial charge < -0.3 is 14.2 Å². The van der Waals surface area contributed by atoms with Gasteiger partial charge in [0.15, 0.2) is 0 Å². The second-order valence-electron chi connectivity index (χ2n) is 2.46. The van der Waals surface area contributed by atoms with Gasteiger partial charge in [-0.1, -0.05) is 13.8 Å². The van der Waals surface area contributed by atoms with Gasteiger partial charge in [-0.2, -0.15) is 0 Å². The first kappa shape index (κ1) is 10.1. The topological polar surface area (TPSA) is 30.5 Å². The second kappa shape index (κ2) is 5.85. The van der Waals surface area contributed by atoms with Gasteiger partial charge in [0.25, 0.3) is 0 Å². The van der Waals surface area contributed by atoms with Crippen LogP contribution >= 0.6 is 0 Å². The molecule has 0 spiro atoms. The predicted octanol–water partition coefficient (Wildman–Crippen LogP) is 0.0369. The number of hydrogen-bond acceptors (Lipinski definition) is 3. The maximum atomic E-state index is 5.10. The standard InChI is InChI=1S/C6H17NO2Si/c1-6(2)7-5-10(8-3)9-4/h6-7,10H,5H2,1-4H3. The first-order valence-corrected chi connectivity index (χ1v) is 5.25. The Morgan fingerprint density at radius 2 is 1.80 bits per heavy atom. The molecule has 0 radical (unpaired) electrons. The molecule has 3 nitrogen and oxygen atoms in total. The SMILES string of the molecule is CO[SiH](CNC(C)C)OC. The number of nitrogens with one attached hydrogen (secondary N) is 1. The molecular weight excluding hydrogens is 146 g/mol. The maximum absolute atomic E-state index is 5.10. The summed E-state index contributed by atoms with van der Waals surface area (Å²) in [6.45, 7) is 4.22. The highest BCUT2D eigenvalue weighted by atomic mass is 28.3. The highest BCUT2D eigenvalue weighted by Crippen LogP contribution is 1.83. The molecular formula is C6H17NO2Si. The Bertz CT molecular complexity index is 76.1. The molecule has 0 saturated carbocycles. The van der Waals surface area contributed by atoms with E-state index in [4.69, 9.17) is 8.85 Å². The summed E-state index contributed by atoms with van der Waals surface area (Å²) in [7, 11) is 2.03. The molecule has 0 amide bonds. The molecule has 4 heteroatoms. The van der Waals surface area contributed by atoms with E-state index in [1.807, 2.05) is 0 Å². The summed E-state index contributed by atoms with van der Waals surface area (Å²) in [6, 6.07) is 0.514. The van der Waals surface area contributed by atoms with Crippen LogP contribution in [0.1, 0.15) is 13.8 Å². The lowest BCUT2D eigenvalue weighted by molar-refractivity contribution is 0.273. The van der Waals surface area contributed by atoms with Crippen molar-refractivity contribution in [2.45, 2.75) is 19.9 Å². The van der Waals surface area contributed by atoms with Crippen molar-refractivity contribution >= 4 is 9.28 Å². The van der Waals surface area contributed by atoms with Gasteiger partial charge in [-0.05, 0) is 0 Å². The van der Waals surface area contributed by atoms with Crippen LogP contribution in [-0.2, 0) is 8.85 Å². The van der Waals surface area contributed by atoms with Crippen LogP contribution in [-0.4, -0.2) is 35.7 Å². The Balaban J connectivity index is 3.26. The van der Waals surface area contributed by atoms with E-state index in [2.05, 4.69) is 19.2 Å². The lowest BCUT2D eigenvalue weighted by Gasteiger charge is -2.13. The number of hydrogen-bond donors (Lipinski definition) is 1. The van der Waals surface area contributed by atoms with Crippen LogP contribution < -0.4 is 5.32 Å². The van der Waals surface area contributed by atoms with Crippen molar-refractivity contribution in [1.29, 1.82) is 0 Å². The molecule has 0 aliphatic heterocycles. The third-order valence-electron chi connectivity index (χ3n) is 1.22. The van der Waals surface area contributed by atoms with Crippen molar-refractivity contribution in [3.05, 3.63) is 0 Å². The summed E-state index contributed by atoms with van der Waals surface area (Å²) in [5.41, 5.74) is 0. The molecule has 0 aromatic heterocycles. The maximum Gasteiger partial charge on any atom is 0.335 e. The lowest BCUT2D eigenvalue weighted by atomic mass is 10.4. The summed E-state index contributed by atoms with van der Waals surface area (Å²) in [4.78, 5) is 0. The summed E-state index contributed by atoms with van der Waals surface area (Å²) < 4.78 is 10.2. The van der Waals surface area contributed by atoms with Crippen LogP contribution in [0.2, 0.25) is 0 Å². The molecule has 10 heavy (non-hydrogen) atoms. The molecule has 0 atom stereocenters. The highest BCUT2D eigenvalue weighted by Gasteiger charge is 2.08. The third-order valence-corrected chi connectivity index (χ3v) is 2.84. The first-order chi connectivity index (χ1) is 4.70. The average molecular weight is 163 g/mol. The Kier molecular flexibility index (Phi) is 5.91. The summed E-state index contributed by atoms with van der Waals surface area (Å²) in [5.74, 6) is 0. The van der Waals surface area contributed by atoms with E-state index < -0.39 is 9.28 Å². The van der Waals surface area contributed by atoms with Gasteiger partial charge in [0, 0.05) is 26.4 Å². The van der Waals surface area contributed by atoms with Crippen molar-refractivity contribution in [3.63, 3.8) is 0 Å². The predicted molar refractivity (Wildman–Crippen MR) is 44.3 cm³/mol. The monoisotopic (exact) mass is 163 g/mol. The van der Waals surface area contributed by atoms with Gasteiger partial charge >= 0.3 is 9.28 Å². The largest absolute Gasteiger partial charge is 0.399 e. The Hall–Kier alpha value is 0.0969. The molecule has 0 unspecified atom stereocenters. The van der Waals surface area contributed by atoms with Gasteiger partial charge in [0.2, 0.25) is 0 Å². The molecule has 0 aliphatic carbocycles. The van der Waals surface area contributed by atoms with Crippen LogP contribution in [0, 0.1) is 0 Å². The fraction of sp³-hybridized carbons (Fsp3) is 1.00. The van der Waals surface area contributed by atoms with Crippen molar-refractivity contribution < 1.29 is 8.85 Å². The minimum atomic E-state index is -1.36. The van der Waals surface area contributed by atoms with Gasteiger partial charge in [0.1, 0.15) is 0 Å². The average Bonchev–Trinajstić information content (AvgIpc) is 1.90. The van der Waals surface area contributed by atoms with Gasteiger partial charge in [-0.15, -0.1) is 0 Å². The molecule has 0 fully saturated rings. The van der Waals surface area contributed by atoms with E-state index in [9.17, 15) is 0 Å². The molecule has 0 saturated heterocycles. The van der Waals surface area contributed by atoms with Crippen LogP contribution in [0.15, 0.2) is 0 Å². The van der Waals surface area contributed by atoms with E-state index in [1.54, 1.807) is 14.2 Å². The molecule has 0 heterocycles. The number of rotatable bonds is 5. The Labute approximate surface area is 64.6 Å². The third kappa shape index (κ3) is 4.93. The van der Waals surface area contributed by atoms with E-state index in [0.717, 1.165) is 6.17 Å². The lowest BCUT2D eigenvalue weighted by Crippen LogP contribution is -2.37. The van der Waals surface area contributed by atoms with Gasteiger partial charge in [-0.3, -0.25) is 0 Å². The van der Waals surface area contributed by atoms with Crippen molar-refractivity contribution in [2.75, 3.05) is 20.4 Å². The van der Waals surface area contributed by atoms with Crippen LogP contribution in [0.3, 0.4) is 0 Å². The normalized spacial score (nSPS) is 11.4. The fourth-order valence-electron chi connectivity index (χ4n) is 0.595. The van der Waals surface area contributed by atoms with Gasteiger partial charge in [0.05, 0.1) is 0 Å². The Morgan fingerprint density at radius 1 is 1.30 bits per heavy atom. The zero-order valence-electron chi connectivity index (χ0n) is 7.18. The summed E-state index contributed by atoms with van der Waals surface area (Å²) in [5, 5.41) is 3.26. The minimum absolute atomic E-state index is 0.514. The van der Waals surface area contributed by atoms with E-state index in [-0.39, 0.29) is 0 Å². The summed E-state index contributed by atoms with van der Waals surface area (Å²) >= 11 is 0. The van der Waals surface area contributed by atoms with E-state index in [1.165, 1.54) is 0 Å². The van der Waals surface area contributed by atoms with Crippen molar-refractivity contribution in [2.24, 2.45) is 0 Å². The van der Waals surface area contributed by atoms with Crippen LogP contribution in [0.5, 0.6) is 0 Å². The van der Waals surface area contributed by atoms with Crippen LogP contribution in [0.4, 0.5) is 0 Å². The minimum Gasteiger partial charge on any atom is -0.399 e. The molecule has 0 bridgehead atoms. The zero-order chi connectivity index (χ0) is 7.98. The fourth-order valence-corrected chi connectivity index (χ4v) is 1.78. The zero-order valence-corrected chi connectivity index (χ0v) is 8.33. The first-order valence-electron chi connectivity index (χ1n) is 3.49.